The quantitative estimate of drug-likeness (QED) is 0.186. The molecule has 2 aliphatic carbocycles. The third kappa shape index (κ3) is 6.11. The number of esters is 4. The number of hydrogen-bond acceptors (Lipinski definition) is 10. The van der Waals surface area contributed by atoms with Crippen molar-refractivity contribution in [1.82, 2.24) is 0 Å². The van der Waals surface area contributed by atoms with Crippen molar-refractivity contribution in [2.75, 3.05) is 0 Å². The minimum Gasteiger partial charge on any atom is -0.508 e. The molecule has 0 bridgehead atoms. The minimum absolute atomic E-state index is 0.00233. The van der Waals surface area contributed by atoms with Gasteiger partial charge in [0.25, 0.3) is 0 Å². The van der Waals surface area contributed by atoms with E-state index in [2.05, 4.69) is 26.5 Å². The first-order chi connectivity index (χ1) is 20.2. The van der Waals surface area contributed by atoms with Crippen LogP contribution in [0.4, 0.5) is 0 Å². The summed E-state index contributed by atoms with van der Waals surface area (Å²) in [7, 11) is 0. The Labute approximate surface area is 251 Å². The highest BCUT2D eigenvalue weighted by molar-refractivity contribution is 5.89. The second-order valence-corrected chi connectivity index (χ2v) is 11.9. The summed E-state index contributed by atoms with van der Waals surface area (Å²) < 4.78 is 29.6. The van der Waals surface area contributed by atoms with Crippen molar-refractivity contribution in [2.45, 2.75) is 85.6 Å². The van der Waals surface area contributed by atoms with Crippen LogP contribution in [-0.2, 0) is 38.1 Å². The summed E-state index contributed by atoms with van der Waals surface area (Å²) in [5.41, 5.74) is -0.191. The van der Waals surface area contributed by atoms with E-state index in [1.807, 2.05) is 6.92 Å². The first-order valence-electron chi connectivity index (χ1n) is 14.4. The molecule has 1 saturated carbocycles. The molecule has 232 valence electrons. The SMILES string of the molecule is C=C/C(C)=C/CC1(C)C(C)CC(OC(=O)c2ccc(O)cc2)C23C(=CC(OC(C)=O)CC12)C(OC(C)=O)OC3OC(C)=O. The molecule has 1 aromatic rings. The van der Waals surface area contributed by atoms with Gasteiger partial charge in [0.1, 0.15) is 23.4 Å². The fourth-order valence-electron chi connectivity index (χ4n) is 6.99. The normalized spacial score (nSPS) is 33.3. The summed E-state index contributed by atoms with van der Waals surface area (Å²) >= 11 is 0. The Morgan fingerprint density at radius 2 is 1.60 bits per heavy atom. The van der Waals surface area contributed by atoms with Crippen LogP contribution in [0, 0.1) is 22.7 Å². The van der Waals surface area contributed by atoms with Gasteiger partial charge in [-0.25, -0.2) is 4.79 Å². The maximum Gasteiger partial charge on any atom is 0.338 e. The predicted molar refractivity (Wildman–Crippen MR) is 154 cm³/mol. The van der Waals surface area contributed by atoms with Crippen molar-refractivity contribution in [3.05, 3.63) is 65.8 Å². The number of carbonyl (C=O) groups is 4. The molecule has 1 spiro atoms. The summed E-state index contributed by atoms with van der Waals surface area (Å²) in [6, 6.07) is 5.69. The van der Waals surface area contributed by atoms with Gasteiger partial charge in [-0.3, -0.25) is 19.1 Å². The Balaban J connectivity index is 1.95. The van der Waals surface area contributed by atoms with Gasteiger partial charge < -0.3 is 24.1 Å². The Kier molecular flexibility index (Phi) is 9.20. The Hall–Kier alpha value is -3.92. The van der Waals surface area contributed by atoms with Gasteiger partial charge in [0.2, 0.25) is 12.6 Å². The zero-order chi connectivity index (χ0) is 31.7. The molecule has 0 aromatic heterocycles. The lowest BCUT2D eigenvalue weighted by Crippen LogP contribution is -2.64. The van der Waals surface area contributed by atoms with Crippen molar-refractivity contribution in [2.24, 2.45) is 22.7 Å². The first-order valence-corrected chi connectivity index (χ1v) is 14.4. The third-order valence-electron chi connectivity index (χ3n) is 9.22. The van der Waals surface area contributed by atoms with Gasteiger partial charge in [-0.1, -0.05) is 38.2 Å². The minimum atomic E-state index is -1.29. The van der Waals surface area contributed by atoms with E-state index >= 15 is 0 Å². The van der Waals surface area contributed by atoms with E-state index in [9.17, 15) is 24.3 Å². The van der Waals surface area contributed by atoms with Gasteiger partial charge in [-0.05, 0) is 73.8 Å². The summed E-state index contributed by atoms with van der Waals surface area (Å²) in [6.45, 7) is 13.8. The Bertz CT molecular complexity index is 1340. The first kappa shape index (κ1) is 32.0. The van der Waals surface area contributed by atoms with Crippen LogP contribution in [0.25, 0.3) is 0 Å². The average Bonchev–Trinajstić information content (AvgIpc) is 3.21. The summed E-state index contributed by atoms with van der Waals surface area (Å²) in [5.74, 6) is -2.88. The topological polar surface area (TPSA) is 135 Å². The Morgan fingerprint density at radius 3 is 2.19 bits per heavy atom. The van der Waals surface area contributed by atoms with E-state index in [1.54, 1.807) is 12.2 Å². The van der Waals surface area contributed by atoms with E-state index < -0.39 is 65.4 Å². The molecule has 10 heteroatoms. The highest BCUT2D eigenvalue weighted by atomic mass is 16.8. The number of ether oxygens (including phenoxy) is 5. The van der Waals surface area contributed by atoms with Gasteiger partial charge >= 0.3 is 23.9 Å². The molecule has 8 atom stereocenters. The average molecular weight is 597 g/mol. The maximum absolute atomic E-state index is 13.6. The van der Waals surface area contributed by atoms with Crippen LogP contribution in [-0.4, -0.2) is 53.8 Å². The number of aromatic hydroxyl groups is 1. The fraction of sp³-hybridized carbons (Fsp3) is 0.515. The van der Waals surface area contributed by atoms with Crippen molar-refractivity contribution in [3.63, 3.8) is 0 Å². The van der Waals surface area contributed by atoms with Crippen LogP contribution in [0.5, 0.6) is 5.75 Å². The molecule has 8 unspecified atom stereocenters. The Morgan fingerprint density at radius 1 is 0.977 bits per heavy atom. The molecular formula is C33H40O10. The monoisotopic (exact) mass is 596 g/mol. The number of rotatable bonds is 8. The van der Waals surface area contributed by atoms with E-state index in [4.69, 9.17) is 23.7 Å². The molecule has 10 nitrogen and oxygen atoms in total. The molecular weight excluding hydrogens is 556 g/mol. The van der Waals surface area contributed by atoms with E-state index in [1.165, 1.54) is 45.0 Å². The van der Waals surface area contributed by atoms with Crippen LogP contribution in [0.2, 0.25) is 0 Å². The van der Waals surface area contributed by atoms with Gasteiger partial charge in [0.15, 0.2) is 0 Å². The van der Waals surface area contributed by atoms with Gasteiger partial charge in [-0.15, -0.1) is 0 Å². The molecule has 43 heavy (non-hydrogen) atoms. The number of hydrogen-bond donors (Lipinski definition) is 1. The predicted octanol–water partition coefficient (Wildman–Crippen LogP) is 5.16. The maximum atomic E-state index is 13.6. The lowest BCUT2D eigenvalue weighted by atomic mass is 9.45. The van der Waals surface area contributed by atoms with Crippen LogP contribution >= 0.6 is 0 Å². The van der Waals surface area contributed by atoms with Crippen LogP contribution in [0.15, 0.2) is 60.2 Å². The van der Waals surface area contributed by atoms with E-state index in [0.29, 0.717) is 24.8 Å². The van der Waals surface area contributed by atoms with Crippen molar-refractivity contribution in [3.8, 4) is 5.75 Å². The number of benzene rings is 1. The zero-order valence-electron chi connectivity index (χ0n) is 25.5. The molecule has 1 saturated heterocycles. The smallest absolute Gasteiger partial charge is 0.338 e. The van der Waals surface area contributed by atoms with Crippen LogP contribution in [0.3, 0.4) is 0 Å². The van der Waals surface area contributed by atoms with E-state index in [-0.39, 0.29) is 17.2 Å². The molecule has 4 rings (SSSR count). The molecule has 1 heterocycles. The second kappa shape index (κ2) is 12.4. The lowest BCUT2D eigenvalue weighted by Gasteiger charge is -2.60. The molecule has 3 aliphatic rings. The van der Waals surface area contributed by atoms with Gasteiger partial charge in [-0.2, -0.15) is 0 Å². The molecule has 1 N–H and O–H groups in total. The summed E-state index contributed by atoms with van der Waals surface area (Å²) in [4.78, 5) is 50.4. The summed E-state index contributed by atoms with van der Waals surface area (Å²) in [6.07, 6.45) is 2.64. The highest BCUT2D eigenvalue weighted by Gasteiger charge is 2.72. The summed E-state index contributed by atoms with van der Waals surface area (Å²) in [5, 5.41) is 9.73. The van der Waals surface area contributed by atoms with Gasteiger partial charge in [0, 0.05) is 26.3 Å². The third-order valence-corrected chi connectivity index (χ3v) is 9.22. The molecule has 1 aliphatic heterocycles. The molecule has 0 radical (unpaired) electrons. The second-order valence-electron chi connectivity index (χ2n) is 11.9. The molecule has 1 aromatic carbocycles. The van der Waals surface area contributed by atoms with Crippen LogP contribution in [0.1, 0.15) is 71.2 Å². The largest absolute Gasteiger partial charge is 0.508 e. The van der Waals surface area contributed by atoms with Crippen molar-refractivity contribution < 1.29 is 48.0 Å². The number of phenolic OH excluding ortho intramolecular Hbond substituents is 1. The number of phenols is 1. The molecule has 2 fully saturated rings. The van der Waals surface area contributed by atoms with Crippen molar-refractivity contribution in [1.29, 1.82) is 0 Å². The number of carbonyl (C=O) groups excluding carboxylic acids is 4. The lowest BCUT2D eigenvalue weighted by molar-refractivity contribution is -0.253. The number of allylic oxidation sites excluding steroid dienone is 3. The van der Waals surface area contributed by atoms with Crippen LogP contribution < -0.4 is 0 Å². The highest BCUT2D eigenvalue weighted by Crippen LogP contribution is 2.68. The van der Waals surface area contributed by atoms with Gasteiger partial charge in [0.05, 0.1) is 5.56 Å². The fourth-order valence-corrected chi connectivity index (χ4v) is 6.99. The van der Waals surface area contributed by atoms with E-state index in [0.717, 1.165) is 5.57 Å². The van der Waals surface area contributed by atoms with Crippen molar-refractivity contribution >= 4 is 23.9 Å². The standard InChI is InChI=1S/C33H40O10/c1-8-18(2)13-14-32(7)19(3)15-28(42-29(38)23-9-11-24(37)12-10-23)33-26(16-25(17-27(32)33)39-20(4)34)30(40-21(5)35)43-31(33)41-22(6)36/h8-13,16,19,25,27-28,30-31,37H,1,14-15,17H2,2-7H3/b18-13+. The zero-order valence-corrected chi connectivity index (χ0v) is 25.5. The molecule has 0 amide bonds.